The summed E-state index contributed by atoms with van der Waals surface area (Å²) in [6.07, 6.45) is 86.5. The second kappa shape index (κ2) is 67.6. The Morgan fingerprint density at radius 3 is 0.910 bits per heavy atom. The predicted octanol–water partition coefficient (Wildman–Crippen LogP) is 22.7. The summed E-state index contributed by atoms with van der Waals surface area (Å²) in [6, 6.07) is -0.629. The fourth-order valence-corrected chi connectivity index (χ4v) is 11.0. The van der Waals surface area contributed by atoms with Crippen LogP contribution in [0, 0.1) is 0 Å². The van der Waals surface area contributed by atoms with Gasteiger partial charge in [-0.3, -0.25) is 9.59 Å². The lowest BCUT2D eigenvalue weighted by atomic mass is 10.0. The van der Waals surface area contributed by atoms with Gasteiger partial charge >= 0.3 is 5.97 Å². The molecule has 0 fully saturated rings. The van der Waals surface area contributed by atoms with Crippen LogP contribution in [0.25, 0.3) is 0 Å². The zero-order valence-electron chi connectivity index (χ0n) is 52.7. The number of hydrogen-bond donors (Lipinski definition) is 3. The van der Waals surface area contributed by atoms with Crippen molar-refractivity contribution < 1.29 is 24.5 Å². The van der Waals surface area contributed by atoms with Gasteiger partial charge in [-0.2, -0.15) is 0 Å². The molecule has 0 aromatic rings. The van der Waals surface area contributed by atoms with Crippen LogP contribution >= 0.6 is 0 Å². The molecule has 460 valence electrons. The second-order valence-electron chi connectivity index (χ2n) is 24.2. The minimum atomic E-state index is -0.846. The minimum absolute atomic E-state index is 0.00721. The van der Waals surface area contributed by atoms with Crippen molar-refractivity contribution in [1.29, 1.82) is 0 Å². The molecule has 1 amide bonds. The van der Waals surface area contributed by atoms with Crippen LogP contribution < -0.4 is 5.32 Å². The van der Waals surface area contributed by atoms with Gasteiger partial charge in [0.1, 0.15) is 0 Å². The lowest BCUT2D eigenvalue weighted by Gasteiger charge is -2.20. The first-order valence-electron chi connectivity index (χ1n) is 35.3. The molecular formula is C72H137NO5. The lowest BCUT2D eigenvalue weighted by molar-refractivity contribution is -0.143. The number of hydrogen-bond acceptors (Lipinski definition) is 5. The number of esters is 1. The van der Waals surface area contributed by atoms with Gasteiger partial charge in [0.2, 0.25) is 5.91 Å². The van der Waals surface area contributed by atoms with Crippen LogP contribution in [0.15, 0.2) is 36.5 Å². The molecule has 0 aromatic carbocycles. The number of carbonyl (C=O) groups is 2. The van der Waals surface area contributed by atoms with Crippen molar-refractivity contribution in [1.82, 2.24) is 5.32 Å². The van der Waals surface area contributed by atoms with E-state index < -0.39 is 12.1 Å². The predicted molar refractivity (Wildman–Crippen MR) is 343 cm³/mol. The van der Waals surface area contributed by atoms with Crippen molar-refractivity contribution >= 4 is 11.9 Å². The number of aliphatic hydroxyl groups excluding tert-OH is 2. The van der Waals surface area contributed by atoms with Crippen LogP contribution in [0.5, 0.6) is 0 Å². The van der Waals surface area contributed by atoms with Crippen LogP contribution in [0.1, 0.15) is 386 Å². The molecule has 0 spiro atoms. The van der Waals surface area contributed by atoms with E-state index in [0.29, 0.717) is 19.4 Å². The Morgan fingerprint density at radius 1 is 0.346 bits per heavy atom. The van der Waals surface area contributed by atoms with Crippen LogP contribution in [-0.2, 0) is 14.3 Å². The highest BCUT2D eigenvalue weighted by Gasteiger charge is 2.18. The van der Waals surface area contributed by atoms with Gasteiger partial charge in [0, 0.05) is 12.8 Å². The van der Waals surface area contributed by atoms with Gasteiger partial charge in [0.25, 0.3) is 0 Å². The van der Waals surface area contributed by atoms with Crippen molar-refractivity contribution in [3.05, 3.63) is 36.5 Å². The highest BCUT2D eigenvalue weighted by Crippen LogP contribution is 2.18. The van der Waals surface area contributed by atoms with Gasteiger partial charge in [0.05, 0.1) is 25.4 Å². The summed E-state index contributed by atoms with van der Waals surface area (Å²) < 4.78 is 5.49. The number of ether oxygens (including phenoxy) is 1. The first-order chi connectivity index (χ1) is 38.5. The Hall–Kier alpha value is -1.92. The zero-order chi connectivity index (χ0) is 56.4. The van der Waals surface area contributed by atoms with Crippen molar-refractivity contribution in [2.75, 3.05) is 13.2 Å². The summed E-state index contributed by atoms with van der Waals surface area (Å²) in [6.45, 7) is 4.93. The largest absolute Gasteiger partial charge is 0.466 e. The van der Waals surface area contributed by atoms with Gasteiger partial charge in [-0.05, 0) is 83.5 Å². The van der Waals surface area contributed by atoms with Crippen molar-refractivity contribution in [3.63, 3.8) is 0 Å². The van der Waals surface area contributed by atoms with Gasteiger partial charge in [0.15, 0.2) is 0 Å². The number of aliphatic hydroxyl groups is 2. The quantitative estimate of drug-likeness (QED) is 0.0320. The van der Waals surface area contributed by atoms with E-state index in [1.54, 1.807) is 6.08 Å². The molecule has 2 unspecified atom stereocenters. The monoisotopic (exact) mass is 1100 g/mol. The molecule has 0 aliphatic carbocycles. The van der Waals surface area contributed by atoms with E-state index >= 15 is 0 Å². The summed E-state index contributed by atoms with van der Waals surface area (Å²) in [4.78, 5) is 24.6. The van der Waals surface area contributed by atoms with Crippen LogP contribution in [0.2, 0.25) is 0 Å². The summed E-state index contributed by atoms with van der Waals surface area (Å²) in [7, 11) is 0. The molecule has 0 bridgehead atoms. The summed E-state index contributed by atoms with van der Waals surface area (Å²) >= 11 is 0. The first kappa shape index (κ1) is 76.1. The Labute approximate surface area is 487 Å². The number of carbonyl (C=O) groups excluding carboxylic acids is 2. The standard InChI is InChI=1S/C72H137NO5/c1-3-5-7-9-11-13-15-17-19-20-30-33-37-40-44-48-52-56-60-64-70(75)69(68-74)73-71(76)65-61-57-53-49-45-41-38-34-31-28-26-24-22-21-23-25-27-29-32-35-39-43-47-51-55-59-63-67-78-72(77)66-62-58-54-50-46-42-36-18-16-14-12-10-8-6-4-2/h18,21-22,36,60,64,69-70,74-75H,3-17,19-20,23-35,37-59,61-63,65-68H2,1-2H3,(H,73,76)/b22-21-,36-18-,64-60+. The van der Waals surface area contributed by atoms with E-state index in [9.17, 15) is 19.8 Å². The fraction of sp³-hybridized carbons (Fsp3) is 0.889. The highest BCUT2D eigenvalue weighted by molar-refractivity contribution is 5.76. The number of nitrogens with one attached hydrogen (secondary N) is 1. The van der Waals surface area contributed by atoms with E-state index in [4.69, 9.17) is 4.74 Å². The van der Waals surface area contributed by atoms with E-state index in [1.165, 1.54) is 315 Å². The smallest absolute Gasteiger partial charge is 0.305 e. The third-order valence-corrected chi connectivity index (χ3v) is 16.4. The Balaban J connectivity index is 3.41. The SMILES string of the molecule is CCCCCCCC/C=C\CCCCCCCC(=O)OCCCCCCCCCCCCCC/C=C\CCCCCCCCCCCCCC(=O)NC(CO)C(O)/C=C/CCCCCCCCCCCCCCCCCCC. The maximum atomic E-state index is 12.5. The maximum Gasteiger partial charge on any atom is 0.305 e. The Kier molecular flexibility index (Phi) is 65.9. The molecule has 0 saturated heterocycles. The van der Waals surface area contributed by atoms with Gasteiger partial charge in [-0.1, -0.05) is 326 Å². The molecule has 6 heteroatoms. The van der Waals surface area contributed by atoms with Crippen LogP contribution in [0.4, 0.5) is 0 Å². The number of rotatable bonds is 66. The maximum absolute atomic E-state index is 12.5. The van der Waals surface area contributed by atoms with E-state index in [-0.39, 0.29) is 18.5 Å². The van der Waals surface area contributed by atoms with Crippen molar-refractivity contribution in [3.8, 4) is 0 Å². The van der Waals surface area contributed by atoms with E-state index in [1.807, 2.05) is 6.08 Å². The highest BCUT2D eigenvalue weighted by atomic mass is 16.5. The molecule has 2 atom stereocenters. The van der Waals surface area contributed by atoms with Crippen molar-refractivity contribution in [2.24, 2.45) is 0 Å². The molecule has 3 N–H and O–H groups in total. The van der Waals surface area contributed by atoms with Crippen molar-refractivity contribution in [2.45, 2.75) is 398 Å². The van der Waals surface area contributed by atoms with Gasteiger partial charge < -0.3 is 20.3 Å². The van der Waals surface area contributed by atoms with Crippen LogP contribution in [0.3, 0.4) is 0 Å². The number of amides is 1. The molecule has 0 radical (unpaired) electrons. The first-order valence-corrected chi connectivity index (χ1v) is 35.3. The Bertz CT molecular complexity index is 1260. The third kappa shape index (κ3) is 63.3. The topological polar surface area (TPSA) is 95.9 Å². The number of unbranched alkanes of at least 4 members (excludes halogenated alkanes) is 51. The Morgan fingerprint density at radius 2 is 0.603 bits per heavy atom. The molecule has 0 rings (SSSR count). The molecule has 78 heavy (non-hydrogen) atoms. The van der Waals surface area contributed by atoms with Gasteiger partial charge in [-0.15, -0.1) is 0 Å². The molecule has 0 aliphatic rings. The van der Waals surface area contributed by atoms with E-state index in [2.05, 4.69) is 43.5 Å². The molecule has 0 heterocycles. The summed E-state index contributed by atoms with van der Waals surface area (Å²) in [5, 5.41) is 23.2. The normalized spacial score (nSPS) is 12.7. The van der Waals surface area contributed by atoms with E-state index in [0.717, 1.165) is 44.9 Å². The van der Waals surface area contributed by atoms with Gasteiger partial charge in [-0.25, -0.2) is 0 Å². The average molecular weight is 1100 g/mol. The third-order valence-electron chi connectivity index (χ3n) is 16.4. The zero-order valence-corrected chi connectivity index (χ0v) is 52.7. The summed E-state index contributed by atoms with van der Waals surface area (Å²) in [5.74, 6) is -0.0585. The average Bonchev–Trinajstić information content (AvgIpc) is 3.44. The second-order valence-corrected chi connectivity index (χ2v) is 24.2. The van der Waals surface area contributed by atoms with Crippen LogP contribution in [-0.4, -0.2) is 47.4 Å². The molecular weight excluding hydrogens is 959 g/mol. The summed E-state index contributed by atoms with van der Waals surface area (Å²) in [5.41, 5.74) is 0. The minimum Gasteiger partial charge on any atom is -0.466 e. The number of allylic oxidation sites excluding steroid dienone is 5. The molecule has 6 nitrogen and oxygen atoms in total. The fourth-order valence-electron chi connectivity index (χ4n) is 11.0. The molecule has 0 saturated carbocycles. The molecule has 0 aromatic heterocycles. The lowest BCUT2D eigenvalue weighted by Crippen LogP contribution is -2.45. The molecule has 0 aliphatic heterocycles.